The van der Waals surface area contributed by atoms with Crippen LogP contribution in [0.1, 0.15) is 5.56 Å². The van der Waals surface area contributed by atoms with Gasteiger partial charge in [0.2, 0.25) is 5.75 Å². The molecule has 0 aliphatic heterocycles. The second kappa shape index (κ2) is 4.86. The molecule has 0 unspecified atom stereocenters. The highest BCUT2D eigenvalue weighted by atomic mass is 16.5. The van der Waals surface area contributed by atoms with Crippen LogP contribution in [0.3, 0.4) is 0 Å². The number of aromatic hydroxyl groups is 1. The monoisotopic (exact) mass is 283 g/mol. The lowest BCUT2D eigenvalue weighted by molar-refractivity contribution is 0.432. The van der Waals surface area contributed by atoms with Crippen LogP contribution >= 0.6 is 0 Å². The number of phenols is 1. The Morgan fingerprint density at radius 3 is 2.76 bits per heavy atom. The van der Waals surface area contributed by atoms with Gasteiger partial charge < -0.3 is 20.0 Å². The lowest BCUT2D eigenvalue weighted by Gasteiger charge is -2.09. The van der Waals surface area contributed by atoms with Crippen molar-refractivity contribution >= 4 is 16.7 Å². The highest BCUT2D eigenvalue weighted by Crippen LogP contribution is 2.29. The normalized spacial score (nSPS) is 10.7. The van der Waals surface area contributed by atoms with Gasteiger partial charge in [-0.3, -0.25) is 0 Å². The molecule has 0 atom stereocenters. The van der Waals surface area contributed by atoms with E-state index in [1.54, 1.807) is 37.3 Å². The smallest absolute Gasteiger partial charge is 0.379 e. The molecule has 1 heterocycles. The van der Waals surface area contributed by atoms with Crippen LogP contribution < -0.4 is 16.1 Å². The zero-order valence-corrected chi connectivity index (χ0v) is 11.3. The summed E-state index contributed by atoms with van der Waals surface area (Å²) >= 11 is 0. The molecule has 2 aromatic carbocycles. The van der Waals surface area contributed by atoms with Crippen molar-refractivity contribution in [2.75, 3.05) is 5.73 Å². The Morgan fingerprint density at radius 2 is 2.00 bits per heavy atom. The standard InChI is InChI=1S/C16H13NO4/c1-9-13-6-5-11(18)8-14(13)21-16(19)15(9)20-12-4-2-3-10(17)7-12/h2-8,18H,17H2,1H3. The fraction of sp³-hybridized carbons (Fsp3) is 0.0625. The van der Waals surface area contributed by atoms with E-state index in [9.17, 15) is 9.90 Å². The molecule has 1 aromatic heterocycles. The fourth-order valence-corrected chi connectivity index (χ4v) is 2.14. The molecule has 0 saturated heterocycles. The predicted molar refractivity (Wildman–Crippen MR) is 79.8 cm³/mol. The van der Waals surface area contributed by atoms with Crippen LogP contribution in [0, 0.1) is 6.92 Å². The maximum atomic E-state index is 12.1. The zero-order valence-electron chi connectivity index (χ0n) is 11.3. The molecule has 106 valence electrons. The topological polar surface area (TPSA) is 85.7 Å². The maximum Gasteiger partial charge on any atom is 0.379 e. The summed E-state index contributed by atoms with van der Waals surface area (Å²) in [5.41, 5.74) is 6.58. The molecular formula is C16H13NO4. The summed E-state index contributed by atoms with van der Waals surface area (Å²) in [6.45, 7) is 1.76. The molecule has 5 nitrogen and oxygen atoms in total. The number of benzene rings is 2. The first-order chi connectivity index (χ1) is 10.0. The number of nitrogens with two attached hydrogens (primary N) is 1. The van der Waals surface area contributed by atoms with E-state index in [0.717, 1.165) is 0 Å². The van der Waals surface area contributed by atoms with Gasteiger partial charge in [-0.2, -0.15) is 0 Å². The van der Waals surface area contributed by atoms with Crippen molar-refractivity contribution < 1.29 is 14.3 Å². The Labute approximate surface area is 120 Å². The fourth-order valence-electron chi connectivity index (χ4n) is 2.14. The van der Waals surface area contributed by atoms with Gasteiger partial charge in [0, 0.05) is 28.8 Å². The van der Waals surface area contributed by atoms with Gasteiger partial charge in [-0.1, -0.05) is 6.07 Å². The first-order valence-corrected chi connectivity index (χ1v) is 6.34. The minimum absolute atomic E-state index is 0.0366. The van der Waals surface area contributed by atoms with E-state index in [-0.39, 0.29) is 11.5 Å². The third-order valence-corrected chi connectivity index (χ3v) is 3.18. The SMILES string of the molecule is Cc1c(Oc2cccc(N)c2)c(=O)oc2cc(O)ccc12. The number of fused-ring (bicyclic) bond motifs is 1. The van der Waals surface area contributed by atoms with Crippen LogP contribution in [0.25, 0.3) is 11.0 Å². The average Bonchev–Trinajstić information content (AvgIpc) is 2.43. The molecule has 0 spiro atoms. The second-order valence-corrected chi connectivity index (χ2v) is 4.70. The number of phenolic OH excluding ortho intramolecular Hbond substituents is 1. The van der Waals surface area contributed by atoms with Gasteiger partial charge in [-0.25, -0.2) is 4.79 Å². The molecule has 0 radical (unpaired) electrons. The molecule has 3 rings (SSSR count). The van der Waals surface area contributed by atoms with Crippen molar-refractivity contribution in [2.24, 2.45) is 0 Å². The summed E-state index contributed by atoms with van der Waals surface area (Å²) in [7, 11) is 0. The minimum Gasteiger partial charge on any atom is -0.508 e. The van der Waals surface area contributed by atoms with Gasteiger partial charge in [-0.15, -0.1) is 0 Å². The highest BCUT2D eigenvalue weighted by molar-refractivity contribution is 5.83. The number of hydrogen-bond donors (Lipinski definition) is 2. The summed E-state index contributed by atoms with van der Waals surface area (Å²) in [4.78, 5) is 12.1. The summed E-state index contributed by atoms with van der Waals surface area (Å²) in [6, 6.07) is 11.4. The molecule has 0 aliphatic carbocycles. The van der Waals surface area contributed by atoms with Gasteiger partial charge in [0.15, 0.2) is 0 Å². The van der Waals surface area contributed by atoms with Gasteiger partial charge >= 0.3 is 5.63 Å². The van der Waals surface area contributed by atoms with Gasteiger partial charge in [0.1, 0.15) is 17.1 Å². The lowest BCUT2D eigenvalue weighted by Crippen LogP contribution is -2.06. The first-order valence-electron chi connectivity index (χ1n) is 6.34. The Kier molecular flexibility index (Phi) is 3.02. The Morgan fingerprint density at radius 1 is 1.19 bits per heavy atom. The van der Waals surface area contributed by atoms with Crippen LogP contribution in [0.5, 0.6) is 17.2 Å². The molecule has 3 N–H and O–H groups in total. The van der Waals surface area contributed by atoms with E-state index >= 15 is 0 Å². The molecule has 0 amide bonds. The predicted octanol–water partition coefficient (Wildman–Crippen LogP) is 3.18. The van der Waals surface area contributed by atoms with Crippen LogP contribution in [0.15, 0.2) is 51.7 Å². The van der Waals surface area contributed by atoms with Crippen molar-refractivity contribution in [3.63, 3.8) is 0 Å². The van der Waals surface area contributed by atoms with Gasteiger partial charge in [-0.05, 0) is 31.2 Å². The number of rotatable bonds is 2. The van der Waals surface area contributed by atoms with Crippen molar-refractivity contribution in [2.45, 2.75) is 6.92 Å². The summed E-state index contributed by atoms with van der Waals surface area (Å²) < 4.78 is 10.8. The van der Waals surface area contributed by atoms with E-state index in [4.69, 9.17) is 14.9 Å². The molecule has 0 fully saturated rings. The molecule has 3 aromatic rings. The van der Waals surface area contributed by atoms with Gasteiger partial charge in [0.05, 0.1) is 0 Å². The Balaban J connectivity index is 2.15. The molecule has 0 bridgehead atoms. The molecular weight excluding hydrogens is 270 g/mol. The van der Waals surface area contributed by atoms with E-state index in [1.807, 2.05) is 0 Å². The van der Waals surface area contributed by atoms with Crippen LogP contribution in [0.4, 0.5) is 5.69 Å². The van der Waals surface area contributed by atoms with Crippen LogP contribution in [-0.2, 0) is 0 Å². The van der Waals surface area contributed by atoms with E-state index < -0.39 is 5.63 Å². The number of aryl methyl sites for hydroxylation is 1. The summed E-state index contributed by atoms with van der Waals surface area (Å²) in [6.07, 6.45) is 0. The summed E-state index contributed by atoms with van der Waals surface area (Å²) in [5.74, 6) is 0.608. The van der Waals surface area contributed by atoms with E-state index in [1.165, 1.54) is 12.1 Å². The minimum atomic E-state index is -0.604. The maximum absolute atomic E-state index is 12.1. The summed E-state index contributed by atoms with van der Waals surface area (Å²) in [5, 5.41) is 10.1. The zero-order chi connectivity index (χ0) is 15.0. The highest BCUT2D eigenvalue weighted by Gasteiger charge is 2.14. The van der Waals surface area contributed by atoms with Crippen molar-refractivity contribution in [3.05, 3.63) is 58.4 Å². The molecule has 5 heteroatoms. The number of hydrogen-bond acceptors (Lipinski definition) is 5. The van der Waals surface area contributed by atoms with Crippen molar-refractivity contribution in [1.29, 1.82) is 0 Å². The van der Waals surface area contributed by atoms with E-state index in [0.29, 0.717) is 28.0 Å². The third-order valence-electron chi connectivity index (χ3n) is 3.18. The third kappa shape index (κ3) is 2.41. The first kappa shape index (κ1) is 13.1. The van der Waals surface area contributed by atoms with Crippen LogP contribution in [-0.4, -0.2) is 5.11 Å². The molecule has 21 heavy (non-hydrogen) atoms. The molecule has 0 aliphatic rings. The quantitative estimate of drug-likeness (QED) is 0.557. The van der Waals surface area contributed by atoms with E-state index in [2.05, 4.69) is 0 Å². The number of nitrogen functional groups attached to an aromatic ring is 1. The Hall–Kier alpha value is -2.95. The van der Waals surface area contributed by atoms with Crippen molar-refractivity contribution in [3.8, 4) is 17.2 Å². The number of anilines is 1. The van der Waals surface area contributed by atoms with Gasteiger partial charge in [0.25, 0.3) is 0 Å². The second-order valence-electron chi connectivity index (χ2n) is 4.70. The molecule has 0 saturated carbocycles. The van der Waals surface area contributed by atoms with Crippen LogP contribution in [0.2, 0.25) is 0 Å². The lowest BCUT2D eigenvalue weighted by atomic mass is 10.1. The van der Waals surface area contributed by atoms with Crippen molar-refractivity contribution in [1.82, 2.24) is 0 Å². The number of ether oxygens (including phenoxy) is 1. The largest absolute Gasteiger partial charge is 0.508 e. The average molecular weight is 283 g/mol. The Bertz CT molecular complexity index is 883.